The average Bonchev–Trinajstić information content (AvgIpc) is 3.67. The van der Waals surface area contributed by atoms with Crippen molar-refractivity contribution in [3.8, 4) is 12.8 Å². The van der Waals surface area contributed by atoms with Crippen molar-refractivity contribution in [1.29, 1.82) is 0 Å². The van der Waals surface area contributed by atoms with Crippen molar-refractivity contribution >= 4 is 5.97 Å². The highest BCUT2D eigenvalue weighted by molar-refractivity contribution is 5.72. The van der Waals surface area contributed by atoms with Gasteiger partial charge in [-0.1, -0.05) is 58.4 Å². The SMILES string of the molecule is C#C.C=C.CC.CC.CCC.CCOCC(COCc1cn(CC(C)(C)OCCC(C)(C)n2cc(C)nn2)nn1)C(=O)OC. The van der Waals surface area contributed by atoms with Crippen molar-refractivity contribution in [2.45, 2.75) is 120 Å². The Bertz CT molecular complexity index is 940. The zero-order valence-electron chi connectivity index (χ0n) is 30.2. The van der Waals surface area contributed by atoms with Crippen molar-refractivity contribution in [2.24, 2.45) is 5.92 Å². The molecule has 0 bridgehead atoms. The highest BCUT2D eigenvalue weighted by atomic mass is 16.5. The van der Waals surface area contributed by atoms with E-state index in [1.807, 2.05) is 72.5 Å². The predicted octanol–water partition coefficient (Wildman–Crippen LogP) is 6.66. The second-order valence-electron chi connectivity index (χ2n) is 9.98. The Morgan fingerprint density at radius 2 is 1.50 bits per heavy atom. The second-order valence-corrected chi connectivity index (χ2v) is 9.98. The number of carbonyl (C=O) groups is 1. The number of aromatic nitrogens is 6. The summed E-state index contributed by atoms with van der Waals surface area (Å²) in [5.74, 6) is -0.823. The molecule has 44 heavy (non-hydrogen) atoms. The normalized spacial score (nSPS) is 10.8. The lowest BCUT2D eigenvalue weighted by atomic mass is 10.0. The Labute approximate surface area is 269 Å². The van der Waals surface area contributed by atoms with Gasteiger partial charge in [0.25, 0.3) is 0 Å². The van der Waals surface area contributed by atoms with Crippen LogP contribution in [0, 0.1) is 25.7 Å². The van der Waals surface area contributed by atoms with Crippen LogP contribution >= 0.6 is 0 Å². The summed E-state index contributed by atoms with van der Waals surface area (Å²) in [4.78, 5) is 11.8. The molecule has 0 fully saturated rings. The van der Waals surface area contributed by atoms with E-state index in [2.05, 4.69) is 74.3 Å². The van der Waals surface area contributed by atoms with E-state index in [-0.39, 0.29) is 31.3 Å². The fraction of sp³-hybridized carbons (Fsp3) is 0.727. The van der Waals surface area contributed by atoms with E-state index in [4.69, 9.17) is 18.9 Å². The van der Waals surface area contributed by atoms with Gasteiger partial charge in [-0.3, -0.25) is 4.79 Å². The summed E-state index contributed by atoms with van der Waals surface area (Å²) in [5, 5.41) is 16.6. The van der Waals surface area contributed by atoms with Gasteiger partial charge in [-0.25, -0.2) is 9.36 Å². The smallest absolute Gasteiger partial charge is 0.313 e. The van der Waals surface area contributed by atoms with Gasteiger partial charge in [0.2, 0.25) is 0 Å². The second kappa shape index (κ2) is 30.0. The number of esters is 1. The van der Waals surface area contributed by atoms with Crippen LogP contribution in [0.5, 0.6) is 0 Å². The van der Waals surface area contributed by atoms with Gasteiger partial charge in [-0.2, -0.15) is 0 Å². The molecule has 11 heteroatoms. The van der Waals surface area contributed by atoms with E-state index in [0.29, 0.717) is 25.5 Å². The Balaban J connectivity index is -0.000000647. The molecule has 1 atom stereocenters. The van der Waals surface area contributed by atoms with Crippen LogP contribution in [0.2, 0.25) is 0 Å². The van der Waals surface area contributed by atoms with E-state index < -0.39 is 11.5 Å². The van der Waals surface area contributed by atoms with E-state index >= 15 is 0 Å². The molecule has 2 heterocycles. The number of nitrogens with zero attached hydrogens (tertiary/aromatic N) is 6. The number of ether oxygens (including phenoxy) is 4. The Morgan fingerprint density at radius 3 is 1.98 bits per heavy atom. The molecule has 2 rings (SSSR count). The summed E-state index contributed by atoms with van der Waals surface area (Å²) in [6, 6.07) is 0. The minimum Gasteiger partial charge on any atom is -0.469 e. The van der Waals surface area contributed by atoms with Gasteiger partial charge in [0, 0.05) is 19.4 Å². The molecular formula is C33H64N6O5. The molecule has 11 nitrogen and oxygen atoms in total. The zero-order chi connectivity index (χ0) is 35.2. The van der Waals surface area contributed by atoms with Gasteiger partial charge in [0.1, 0.15) is 11.6 Å². The third kappa shape index (κ3) is 22.5. The number of terminal acetylenes is 1. The topological polar surface area (TPSA) is 115 Å². The van der Waals surface area contributed by atoms with E-state index in [1.54, 1.807) is 4.68 Å². The Morgan fingerprint density at radius 1 is 0.955 bits per heavy atom. The molecule has 0 amide bonds. The number of hydrogen-bond donors (Lipinski definition) is 0. The first kappa shape index (κ1) is 47.8. The lowest BCUT2D eigenvalue weighted by Crippen LogP contribution is -2.34. The standard InChI is InChI=1S/C22H38N6O5.C3H8.2C2H6.C2H4.C2H2/c1-8-31-13-18(20(29)30-7)14-32-15-19-12-27(25-24-19)16-22(5,6)33-10-9-21(3,4)28-11-17(2)23-26-28;1-3-2;4*1-2/h11-12,18H,8-10,13-16H2,1-7H3;3H2,1-2H3;2*1-2H3;1-2H2;1-2H. The van der Waals surface area contributed by atoms with Crippen LogP contribution in [0.4, 0.5) is 0 Å². The molecule has 256 valence electrons. The Kier molecular flexibility index (Phi) is 32.6. The first-order valence-corrected chi connectivity index (χ1v) is 15.5. The van der Waals surface area contributed by atoms with Gasteiger partial charge in [0.05, 0.1) is 56.5 Å². The lowest BCUT2D eigenvalue weighted by molar-refractivity contribution is -0.150. The van der Waals surface area contributed by atoms with Crippen LogP contribution in [0.3, 0.4) is 0 Å². The molecular weight excluding hydrogens is 560 g/mol. The van der Waals surface area contributed by atoms with E-state index in [9.17, 15) is 4.79 Å². The van der Waals surface area contributed by atoms with Crippen LogP contribution < -0.4 is 0 Å². The van der Waals surface area contributed by atoms with Gasteiger partial charge in [-0.05, 0) is 48.0 Å². The van der Waals surface area contributed by atoms with Crippen molar-refractivity contribution in [2.75, 3.05) is 33.5 Å². The molecule has 0 radical (unpaired) electrons. The first-order valence-electron chi connectivity index (χ1n) is 15.5. The fourth-order valence-electron chi connectivity index (χ4n) is 3.17. The highest BCUT2D eigenvalue weighted by Crippen LogP contribution is 2.21. The third-order valence-corrected chi connectivity index (χ3v) is 5.19. The Hall–Kier alpha value is -3.07. The molecule has 2 aromatic rings. The quantitative estimate of drug-likeness (QED) is 0.122. The van der Waals surface area contributed by atoms with Gasteiger partial charge >= 0.3 is 5.97 Å². The van der Waals surface area contributed by atoms with Crippen LogP contribution in [0.15, 0.2) is 25.6 Å². The predicted molar refractivity (Wildman–Crippen MR) is 180 cm³/mol. The van der Waals surface area contributed by atoms with E-state index in [1.165, 1.54) is 13.5 Å². The molecule has 0 saturated carbocycles. The van der Waals surface area contributed by atoms with Crippen molar-refractivity contribution < 1.29 is 23.7 Å². The summed E-state index contributed by atoms with van der Waals surface area (Å²) in [5.41, 5.74) is 0.936. The van der Waals surface area contributed by atoms with Gasteiger partial charge in [0.15, 0.2) is 0 Å². The van der Waals surface area contributed by atoms with Crippen molar-refractivity contribution in [1.82, 2.24) is 30.0 Å². The summed E-state index contributed by atoms with van der Waals surface area (Å²) >= 11 is 0. The highest BCUT2D eigenvalue weighted by Gasteiger charge is 2.25. The molecule has 0 N–H and O–H groups in total. The number of rotatable bonds is 15. The molecule has 0 saturated heterocycles. The minimum atomic E-state index is -0.469. The van der Waals surface area contributed by atoms with Gasteiger partial charge in [-0.15, -0.1) is 36.2 Å². The molecule has 0 spiro atoms. The summed E-state index contributed by atoms with van der Waals surface area (Å²) in [6.45, 7) is 32.6. The number of aryl methyl sites for hydroxylation is 1. The third-order valence-electron chi connectivity index (χ3n) is 5.19. The molecule has 0 aliphatic heterocycles. The monoisotopic (exact) mass is 624 g/mol. The van der Waals surface area contributed by atoms with Crippen molar-refractivity contribution in [3.05, 3.63) is 36.9 Å². The molecule has 2 aromatic heterocycles. The van der Waals surface area contributed by atoms with Crippen LogP contribution in [-0.2, 0) is 42.4 Å². The molecule has 1 unspecified atom stereocenters. The fourth-order valence-corrected chi connectivity index (χ4v) is 3.17. The molecule has 0 aliphatic rings. The minimum absolute atomic E-state index is 0.190. The summed E-state index contributed by atoms with van der Waals surface area (Å²) in [7, 11) is 1.35. The zero-order valence-corrected chi connectivity index (χ0v) is 30.2. The average molecular weight is 625 g/mol. The van der Waals surface area contributed by atoms with Crippen LogP contribution in [0.25, 0.3) is 0 Å². The van der Waals surface area contributed by atoms with E-state index in [0.717, 1.165) is 12.1 Å². The largest absolute Gasteiger partial charge is 0.469 e. The number of carbonyl (C=O) groups excluding carboxylic acids is 1. The summed E-state index contributed by atoms with van der Waals surface area (Å²) < 4.78 is 25.5. The number of hydrogen-bond acceptors (Lipinski definition) is 9. The van der Waals surface area contributed by atoms with Gasteiger partial charge < -0.3 is 18.9 Å². The summed E-state index contributed by atoms with van der Waals surface area (Å²) in [6.07, 6.45) is 13.8. The molecule has 0 aliphatic carbocycles. The van der Waals surface area contributed by atoms with Crippen LogP contribution in [-0.4, -0.2) is 75.1 Å². The lowest BCUT2D eigenvalue weighted by Gasteiger charge is -2.29. The maximum Gasteiger partial charge on any atom is 0.313 e. The van der Waals surface area contributed by atoms with Crippen molar-refractivity contribution in [3.63, 3.8) is 0 Å². The number of methoxy groups -OCH3 is 1. The maximum absolute atomic E-state index is 11.8. The first-order chi connectivity index (χ1) is 21.0. The molecule has 0 aromatic carbocycles. The van der Waals surface area contributed by atoms with Crippen LogP contribution in [0.1, 0.15) is 100 Å². The maximum atomic E-state index is 11.8.